The molecule has 11 heteroatoms. The maximum atomic E-state index is 13.4. The van der Waals surface area contributed by atoms with Crippen molar-refractivity contribution < 1.29 is 27.9 Å². The number of hydrogen-bond donors (Lipinski definition) is 2. The monoisotopic (exact) mass is 498 g/mol. The van der Waals surface area contributed by atoms with Gasteiger partial charge in [0.25, 0.3) is 5.91 Å². The summed E-state index contributed by atoms with van der Waals surface area (Å²) < 4.78 is 31.3. The molecule has 192 valence electrons. The molecule has 10 nitrogen and oxygen atoms in total. The van der Waals surface area contributed by atoms with Crippen LogP contribution in [-0.2, 0) is 14.8 Å². The van der Waals surface area contributed by atoms with Gasteiger partial charge in [-0.2, -0.15) is 0 Å². The summed E-state index contributed by atoms with van der Waals surface area (Å²) in [6.45, 7) is 4.60. The van der Waals surface area contributed by atoms with Crippen LogP contribution >= 0.6 is 0 Å². The lowest BCUT2D eigenvalue weighted by Gasteiger charge is -2.38. The van der Waals surface area contributed by atoms with Crippen molar-refractivity contribution in [3.8, 4) is 5.75 Å². The number of fused-ring (bicyclic) bond motifs is 1. The molecule has 3 atom stereocenters. The number of anilines is 1. The maximum Gasteiger partial charge on any atom is 0.258 e. The van der Waals surface area contributed by atoms with E-state index in [-0.39, 0.29) is 43.0 Å². The molecule has 0 saturated carbocycles. The van der Waals surface area contributed by atoms with Gasteiger partial charge in [-0.15, -0.1) is 0 Å². The third kappa shape index (κ3) is 7.66. The summed E-state index contributed by atoms with van der Waals surface area (Å²) in [6, 6.07) is 4.42. The Balaban J connectivity index is 2.35. The number of hydrogen-bond acceptors (Lipinski definition) is 7. The second-order valence-electron chi connectivity index (χ2n) is 9.33. The number of ether oxygens (including phenoxy) is 1. The summed E-state index contributed by atoms with van der Waals surface area (Å²) in [4.78, 5) is 29.3. The lowest BCUT2D eigenvalue weighted by atomic mass is 9.99. The molecule has 1 aliphatic heterocycles. The van der Waals surface area contributed by atoms with Crippen LogP contribution in [0.15, 0.2) is 18.2 Å². The standard InChI is InChI=1S/C23H38N4O6S/c1-16-13-27(17(2)15-28)23(30)19-12-18(24-22(29)8-7-11-25(3)4)9-10-20(19)33-21(16)14-26(5)34(6,31)32/h9-10,12,16-17,21,28H,7-8,11,13-15H2,1-6H3,(H,24,29)/t16-,17-,21-/m1/s1. The first-order chi connectivity index (χ1) is 15.8. The highest BCUT2D eigenvalue weighted by molar-refractivity contribution is 7.88. The molecular weight excluding hydrogens is 460 g/mol. The number of likely N-dealkylation sites (N-methyl/N-ethyl adjacent to an activating group) is 1. The first kappa shape index (κ1) is 28.0. The lowest BCUT2D eigenvalue weighted by Crippen LogP contribution is -2.50. The number of rotatable bonds is 10. The number of sulfonamides is 1. The Morgan fingerprint density at radius 3 is 2.59 bits per heavy atom. The fraction of sp³-hybridized carbons (Fsp3) is 0.652. The van der Waals surface area contributed by atoms with Gasteiger partial charge in [0, 0.05) is 31.6 Å². The van der Waals surface area contributed by atoms with Crippen LogP contribution in [0.3, 0.4) is 0 Å². The summed E-state index contributed by atoms with van der Waals surface area (Å²) >= 11 is 0. The Kier molecular flexibility index (Phi) is 9.86. The van der Waals surface area contributed by atoms with Gasteiger partial charge in [0.2, 0.25) is 15.9 Å². The van der Waals surface area contributed by atoms with Crippen molar-refractivity contribution in [2.45, 2.75) is 38.8 Å². The molecule has 1 aromatic rings. The van der Waals surface area contributed by atoms with Gasteiger partial charge in [-0.3, -0.25) is 9.59 Å². The second-order valence-corrected chi connectivity index (χ2v) is 11.4. The van der Waals surface area contributed by atoms with E-state index in [0.29, 0.717) is 24.3 Å². The summed E-state index contributed by atoms with van der Waals surface area (Å²) in [5.74, 6) is -0.361. The van der Waals surface area contributed by atoms with Crippen LogP contribution in [0.25, 0.3) is 0 Å². The largest absolute Gasteiger partial charge is 0.488 e. The van der Waals surface area contributed by atoms with E-state index in [9.17, 15) is 23.1 Å². The zero-order valence-electron chi connectivity index (χ0n) is 20.9. The van der Waals surface area contributed by atoms with Crippen LogP contribution < -0.4 is 10.1 Å². The highest BCUT2D eigenvalue weighted by atomic mass is 32.2. The zero-order chi connectivity index (χ0) is 25.6. The van der Waals surface area contributed by atoms with Gasteiger partial charge in [-0.1, -0.05) is 6.92 Å². The van der Waals surface area contributed by atoms with Gasteiger partial charge in [0.05, 0.1) is 31.0 Å². The third-order valence-electron chi connectivity index (χ3n) is 5.96. The molecule has 0 unspecified atom stereocenters. The molecule has 2 N–H and O–H groups in total. The molecule has 0 radical (unpaired) electrons. The van der Waals surface area contributed by atoms with Crippen molar-refractivity contribution in [2.24, 2.45) is 5.92 Å². The van der Waals surface area contributed by atoms with E-state index in [2.05, 4.69) is 5.32 Å². The quantitative estimate of drug-likeness (QED) is 0.495. The topological polar surface area (TPSA) is 119 Å². The van der Waals surface area contributed by atoms with E-state index in [0.717, 1.165) is 12.8 Å². The van der Waals surface area contributed by atoms with Crippen molar-refractivity contribution >= 4 is 27.5 Å². The second kappa shape index (κ2) is 12.0. The summed E-state index contributed by atoms with van der Waals surface area (Å²) in [6.07, 6.45) is 1.67. The Morgan fingerprint density at radius 1 is 1.32 bits per heavy atom. The van der Waals surface area contributed by atoms with E-state index in [1.807, 2.05) is 25.9 Å². The smallest absolute Gasteiger partial charge is 0.258 e. The minimum Gasteiger partial charge on any atom is -0.488 e. The number of carbonyl (C=O) groups excluding carboxylic acids is 2. The Hall–Kier alpha value is -2.21. The molecular formula is C23H38N4O6S. The van der Waals surface area contributed by atoms with Crippen LogP contribution in [-0.4, -0.2) is 105 Å². The van der Waals surface area contributed by atoms with Crippen molar-refractivity contribution in [1.82, 2.24) is 14.1 Å². The number of benzene rings is 1. The maximum absolute atomic E-state index is 13.4. The first-order valence-electron chi connectivity index (χ1n) is 11.4. The normalized spacial score (nSPS) is 19.9. The lowest BCUT2D eigenvalue weighted by molar-refractivity contribution is -0.116. The molecule has 0 aromatic heterocycles. The Morgan fingerprint density at radius 2 is 2.00 bits per heavy atom. The summed E-state index contributed by atoms with van der Waals surface area (Å²) in [7, 11) is 1.95. The molecule has 0 saturated heterocycles. The summed E-state index contributed by atoms with van der Waals surface area (Å²) in [5.41, 5.74) is 0.728. The van der Waals surface area contributed by atoms with Crippen molar-refractivity contribution in [2.75, 3.05) is 59.0 Å². The number of aliphatic hydroxyl groups is 1. The van der Waals surface area contributed by atoms with Crippen LogP contribution in [0, 0.1) is 5.92 Å². The fourth-order valence-corrected chi connectivity index (χ4v) is 4.10. The molecule has 34 heavy (non-hydrogen) atoms. The molecule has 0 bridgehead atoms. The number of aliphatic hydroxyl groups excluding tert-OH is 1. The van der Waals surface area contributed by atoms with Gasteiger partial charge < -0.3 is 25.0 Å². The molecule has 0 spiro atoms. The van der Waals surface area contributed by atoms with E-state index in [1.54, 1.807) is 30.0 Å². The van der Waals surface area contributed by atoms with Crippen molar-refractivity contribution in [3.63, 3.8) is 0 Å². The minimum atomic E-state index is -3.42. The van der Waals surface area contributed by atoms with Crippen molar-refractivity contribution in [1.29, 1.82) is 0 Å². The third-order valence-corrected chi connectivity index (χ3v) is 7.24. The van der Waals surface area contributed by atoms with Gasteiger partial charge in [-0.25, -0.2) is 12.7 Å². The highest BCUT2D eigenvalue weighted by Gasteiger charge is 2.34. The van der Waals surface area contributed by atoms with E-state index >= 15 is 0 Å². The van der Waals surface area contributed by atoms with Crippen LogP contribution in [0.1, 0.15) is 37.0 Å². The Labute approximate surface area is 202 Å². The number of nitrogens with zero attached hydrogens (tertiary/aromatic N) is 3. The molecule has 0 aliphatic carbocycles. The molecule has 2 amide bonds. The van der Waals surface area contributed by atoms with Gasteiger partial charge in [0.15, 0.2) is 0 Å². The van der Waals surface area contributed by atoms with Gasteiger partial charge in [0.1, 0.15) is 11.9 Å². The first-order valence-corrected chi connectivity index (χ1v) is 13.3. The number of nitrogens with one attached hydrogen (secondary N) is 1. The fourth-order valence-electron chi connectivity index (χ4n) is 3.69. The molecule has 1 heterocycles. The highest BCUT2D eigenvalue weighted by Crippen LogP contribution is 2.31. The minimum absolute atomic E-state index is 0.110. The predicted molar refractivity (Wildman–Crippen MR) is 131 cm³/mol. The van der Waals surface area contributed by atoms with Crippen LogP contribution in [0.2, 0.25) is 0 Å². The number of carbonyl (C=O) groups is 2. The Bertz CT molecular complexity index is 968. The molecule has 2 rings (SSSR count). The average molecular weight is 499 g/mol. The summed E-state index contributed by atoms with van der Waals surface area (Å²) in [5, 5.41) is 12.6. The predicted octanol–water partition coefficient (Wildman–Crippen LogP) is 1.08. The SMILES string of the molecule is C[C@@H]1CN([C@H](C)CO)C(=O)c2cc(NC(=O)CCCN(C)C)ccc2O[C@@H]1CN(C)S(C)(=O)=O. The van der Waals surface area contributed by atoms with E-state index in [4.69, 9.17) is 4.74 Å². The van der Waals surface area contributed by atoms with Crippen molar-refractivity contribution in [3.05, 3.63) is 23.8 Å². The zero-order valence-corrected chi connectivity index (χ0v) is 21.8. The van der Waals surface area contributed by atoms with Gasteiger partial charge in [-0.05, 0) is 52.2 Å². The van der Waals surface area contributed by atoms with Crippen LogP contribution in [0.5, 0.6) is 5.75 Å². The molecule has 1 aliphatic rings. The van der Waals surface area contributed by atoms with E-state index < -0.39 is 22.2 Å². The van der Waals surface area contributed by atoms with Gasteiger partial charge >= 0.3 is 0 Å². The average Bonchev–Trinajstić information content (AvgIpc) is 2.75. The molecule has 0 fully saturated rings. The van der Waals surface area contributed by atoms with Crippen LogP contribution in [0.4, 0.5) is 5.69 Å². The van der Waals surface area contributed by atoms with E-state index in [1.165, 1.54) is 11.4 Å². The number of amides is 2. The molecule has 1 aromatic carbocycles.